The van der Waals surface area contributed by atoms with E-state index in [1.54, 1.807) is 0 Å². The molecule has 0 amide bonds. The van der Waals surface area contributed by atoms with Gasteiger partial charge in [0.2, 0.25) is 0 Å². The number of hydrogen-bond donors (Lipinski definition) is 1. The zero-order valence-electron chi connectivity index (χ0n) is 10.5. The Balaban J connectivity index is 4.33. The van der Waals surface area contributed by atoms with Gasteiger partial charge in [-0.15, -0.1) is 0 Å². The summed E-state index contributed by atoms with van der Waals surface area (Å²) in [7, 11) is -3.06. The monoisotopic (exact) mass is 264 g/mol. The van der Waals surface area contributed by atoms with Gasteiger partial charge in [0.1, 0.15) is 8.77 Å². The molecule has 0 aromatic carbocycles. The molecule has 0 aliphatic carbocycles. The molecule has 96 valence electrons. The molecule has 3 atom stereocenters. The Labute approximate surface area is 105 Å². The average Bonchev–Trinajstić information content (AvgIpc) is 2.15. The number of allylic oxidation sites excluding steroid dienone is 2. The predicted molar refractivity (Wildman–Crippen MR) is 74.7 cm³/mol. The Morgan fingerprint density at radius 3 is 2.50 bits per heavy atom. The molecule has 0 rings (SSSR count). The number of rotatable bonds is 8. The van der Waals surface area contributed by atoms with Crippen LogP contribution in [0.25, 0.3) is 0 Å². The molecular formula is C12H24O2S2. The number of hydrogen-bond acceptors (Lipinski definition) is 2. The molecule has 0 saturated heterocycles. The molecule has 0 aromatic rings. The Morgan fingerprint density at radius 1 is 1.44 bits per heavy atom. The summed E-state index contributed by atoms with van der Waals surface area (Å²) in [5.74, 6) is 0.483. The summed E-state index contributed by atoms with van der Waals surface area (Å²) in [5.41, 5.74) is 0. The van der Waals surface area contributed by atoms with E-state index in [0.717, 1.165) is 32.1 Å². The molecule has 0 radical (unpaired) electrons. The highest BCUT2D eigenvalue weighted by Crippen LogP contribution is 2.21. The van der Waals surface area contributed by atoms with Gasteiger partial charge in [0.05, 0.1) is 5.25 Å². The van der Waals surface area contributed by atoms with Crippen molar-refractivity contribution in [2.24, 2.45) is 5.92 Å². The van der Waals surface area contributed by atoms with Crippen LogP contribution in [0.4, 0.5) is 0 Å². The molecule has 0 aliphatic rings. The first-order valence-electron chi connectivity index (χ1n) is 5.99. The van der Waals surface area contributed by atoms with Crippen molar-refractivity contribution >= 4 is 20.0 Å². The summed E-state index contributed by atoms with van der Waals surface area (Å²) in [6.45, 7) is 6.22. The molecule has 0 heterocycles. The van der Waals surface area contributed by atoms with Gasteiger partial charge in [0.25, 0.3) is 0 Å². The van der Waals surface area contributed by atoms with E-state index in [1.165, 1.54) is 0 Å². The molecule has 0 fully saturated rings. The molecule has 0 aliphatic heterocycles. The Bertz CT molecular complexity index is 294. The van der Waals surface area contributed by atoms with Crippen molar-refractivity contribution in [2.75, 3.05) is 0 Å². The van der Waals surface area contributed by atoms with Crippen molar-refractivity contribution in [3.8, 4) is 0 Å². The third-order valence-electron chi connectivity index (χ3n) is 2.76. The minimum absolute atomic E-state index is 0.236. The van der Waals surface area contributed by atoms with Crippen molar-refractivity contribution < 1.29 is 8.76 Å². The fourth-order valence-corrected chi connectivity index (χ4v) is 3.43. The van der Waals surface area contributed by atoms with Crippen LogP contribution in [0.5, 0.6) is 0 Å². The van der Waals surface area contributed by atoms with E-state index in [-0.39, 0.29) is 5.25 Å². The van der Waals surface area contributed by atoms with Gasteiger partial charge in [0.15, 0.2) is 0 Å². The second kappa shape index (κ2) is 8.20. The van der Waals surface area contributed by atoms with Gasteiger partial charge in [-0.2, -0.15) is 0 Å². The van der Waals surface area contributed by atoms with Gasteiger partial charge in [0, 0.05) is 11.2 Å². The first kappa shape index (κ1) is 16.1. The minimum atomic E-state index is -3.06. The van der Waals surface area contributed by atoms with Gasteiger partial charge in [-0.3, -0.25) is 0 Å². The van der Waals surface area contributed by atoms with Crippen LogP contribution in [-0.4, -0.2) is 14.0 Å². The van der Waals surface area contributed by atoms with Crippen molar-refractivity contribution in [3.05, 3.63) is 12.2 Å². The molecule has 0 spiro atoms. The molecule has 4 heteroatoms. The van der Waals surface area contributed by atoms with Crippen LogP contribution < -0.4 is 0 Å². The largest absolute Gasteiger partial charge is 0.305 e. The van der Waals surface area contributed by atoms with E-state index in [1.807, 2.05) is 19.1 Å². The zero-order chi connectivity index (χ0) is 12.6. The third-order valence-corrected chi connectivity index (χ3v) is 4.85. The maximum absolute atomic E-state index is 11.6. The lowest BCUT2D eigenvalue weighted by Crippen LogP contribution is -2.22. The highest BCUT2D eigenvalue weighted by Gasteiger charge is 2.21. The smallest absolute Gasteiger partial charge is 0.144 e. The van der Waals surface area contributed by atoms with Crippen LogP contribution in [0.3, 0.4) is 0 Å². The Morgan fingerprint density at radius 2 is 2.06 bits per heavy atom. The summed E-state index contributed by atoms with van der Waals surface area (Å²) in [5, 5.41) is -0.236. The molecule has 3 unspecified atom stereocenters. The van der Waals surface area contributed by atoms with Gasteiger partial charge < -0.3 is 4.55 Å². The summed E-state index contributed by atoms with van der Waals surface area (Å²) in [4.78, 5) is 0. The molecule has 0 bridgehead atoms. The predicted octanol–water partition coefficient (Wildman–Crippen LogP) is 3.76. The van der Waals surface area contributed by atoms with Crippen LogP contribution >= 0.6 is 0 Å². The van der Waals surface area contributed by atoms with E-state index in [4.69, 9.17) is 11.2 Å². The Kier molecular flexibility index (Phi) is 8.24. The SMILES string of the molecule is C/C=C/CCC(CC(C)CCC)S(=O)(O)=S. The lowest BCUT2D eigenvalue weighted by atomic mass is 9.98. The van der Waals surface area contributed by atoms with E-state index in [0.29, 0.717) is 5.92 Å². The molecule has 0 saturated carbocycles. The van der Waals surface area contributed by atoms with Crippen LogP contribution in [-0.2, 0) is 20.0 Å². The van der Waals surface area contributed by atoms with E-state index >= 15 is 0 Å². The summed E-state index contributed by atoms with van der Waals surface area (Å²) < 4.78 is 21.1. The highest BCUT2D eigenvalue weighted by atomic mass is 32.8. The van der Waals surface area contributed by atoms with Gasteiger partial charge in [-0.25, -0.2) is 4.21 Å². The van der Waals surface area contributed by atoms with Crippen LogP contribution in [0.15, 0.2) is 12.2 Å². The van der Waals surface area contributed by atoms with Gasteiger partial charge in [-0.1, -0.05) is 38.8 Å². The van der Waals surface area contributed by atoms with Crippen molar-refractivity contribution in [1.82, 2.24) is 0 Å². The quantitative estimate of drug-likeness (QED) is 0.678. The second-order valence-corrected chi connectivity index (χ2v) is 7.54. The van der Waals surface area contributed by atoms with Gasteiger partial charge in [-0.05, 0) is 32.1 Å². The minimum Gasteiger partial charge on any atom is -0.305 e. The van der Waals surface area contributed by atoms with E-state index < -0.39 is 8.77 Å². The third kappa shape index (κ3) is 7.36. The van der Waals surface area contributed by atoms with Crippen molar-refractivity contribution in [3.63, 3.8) is 0 Å². The summed E-state index contributed by atoms with van der Waals surface area (Å²) in [6.07, 6.45) is 8.54. The first-order chi connectivity index (χ1) is 7.41. The summed E-state index contributed by atoms with van der Waals surface area (Å²) in [6, 6.07) is 0. The molecule has 2 nitrogen and oxygen atoms in total. The second-order valence-electron chi connectivity index (χ2n) is 4.41. The molecule has 1 N–H and O–H groups in total. The topological polar surface area (TPSA) is 37.3 Å². The normalized spacial score (nSPS) is 19.5. The molecule has 16 heavy (non-hydrogen) atoms. The fourth-order valence-electron chi connectivity index (χ4n) is 1.90. The standard InChI is InChI=1S/C12H24O2S2/c1-4-6-7-9-12(16(13,14)15)10-11(3)8-5-2/h4,6,11-12H,5,7-10H2,1-3H3,(H,13,14,15)/b6-4+. The van der Waals surface area contributed by atoms with Crippen molar-refractivity contribution in [1.29, 1.82) is 0 Å². The van der Waals surface area contributed by atoms with E-state index in [2.05, 4.69) is 13.8 Å². The van der Waals surface area contributed by atoms with Gasteiger partial charge >= 0.3 is 0 Å². The summed E-state index contributed by atoms with van der Waals surface area (Å²) >= 11 is 4.72. The lowest BCUT2D eigenvalue weighted by molar-refractivity contribution is 0.446. The molecule has 0 aromatic heterocycles. The van der Waals surface area contributed by atoms with Crippen LogP contribution in [0.2, 0.25) is 0 Å². The Hall–Kier alpha value is 0.0700. The zero-order valence-corrected chi connectivity index (χ0v) is 12.1. The highest BCUT2D eigenvalue weighted by molar-refractivity contribution is 8.30. The maximum atomic E-state index is 11.6. The van der Waals surface area contributed by atoms with Crippen molar-refractivity contribution in [2.45, 2.75) is 58.1 Å². The first-order valence-corrected chi connectivity index (χ1v) is 8.49. The lowest BCUT2D eigenvalue weighted by Gasteiger charge is -2.19. The average molecular weight is 264 g/mol. The fraction of sp³-hybridized carbons (Fsp3) is 0.833. The van der Waals surface area contributed by atoms with Crippen LogP contribution in [0, 0.1) is 5.92 Å². The van der Waals surface area contributed by atoms with Crippen LogP contribution in [0.1, 0.15) is 52.9 Å². The molecular weight excluding hydrogens is 240 g/mol. The maximum Gasteiger partial charge on any atom is 0.144 e. The van der Waals surface area contributed by atoms with E-state index in [9.17, 15) is 8.76 Å².